The topological polar surface area (TPSA) is 140 Å². The summed E-state index contributed by atoms with van der Waals surface area (Å²) in [7, 11) is 119. The van der Waals surface area contributed by atoms with Crippen LogP contribution in [-0.4, -0.2) is 314 Å². The van der Waals surface area contributed by atoms with Crippen molar-refractivity contribution in [2.24, 2.45) is 0 Å². The number of fused-ring (bicyclic) bond motifs is 2. The summed E-state index contributed by atoms with van der Waals surface area (Å²) >= 11 is 0. The molecule has 51 heteroatoms. The van der Waals surface area contributed by atoms with E-state index in [0.29, 0.717) is 16.7 Å². The molecule has 0 fully saturated rings. The molecule has 0 bridgehead atoms. The molecule has 83 heavy (non-hydrogen) atoms. The number of hydrogen-bond donors (Lipinski definition) is 0. The molecule has 0 unspecified atom stereocenters. The van der Waals surface area contributed by atoms with E-state index in [2.05, 4.69) is 0 Å². The lowest BCUT2D eigenvalue weighted by Gasteiger charge is -2.53. The summed E-state index contributed by atoms with van der Waals surface area (Å²) in [6.45, 7) is 3.78. The highest BCUT2D eigenvalue weighted by Crippen LogP contribution is 2.37. The van der Waals surface area contributed by atoms with Crippen LogP contribution in [0.5, 0.6) is 11.5 Å². The van der Waals surface area contributed by atoms with Gasteiger partial charge in [-0.2, -0.15) is 0 Å². The molecule has 0 aliphatic heterocycles. The zero-order valence-corrected chi connectivity index (χ0v) is 48.3. The van der Waals surface area contributed by atoms with E-state index >= 15 is 0 Å². The second-order valence-electron chi connectivity index (χ2n) is 20.5. The number of hydrogen-bond acceptors (Lipinski definition) is 8. The van der Waals surface area contributed by atoms with E-state index in [0.717, 1.165) is 20.5 Å². The lowest BCUT2D eigenvalue weighted by molar-refractivity contribution is -0.385. The highest BCUT2D eigenvalue weighted by atomic mass is 32.2. The van der Waals surface area contributed by atoms with Crippen LogP contribution in [0.25, 0.3) is 21.8 Å². The van der Waals surface area contributed by atoms with Crippen molar-refractivity contribution in [1.29, 1.82) is 0 Å². The first-order valence-electron chi connectivity index (χ1n) is 25.8. The van der Waals surface area contributed by atoms with Gasteiger partial charge >= 0.3 is 5.69 Å². The predicted molar refractivity (Wildman–Crippen MR) is 390 cm³/mol. The summed E-state index contributed by atoms with van der Waals surface area (Å²) in [5.41, 5.74) is 2.36. The molecule has 0 amide bonds. The van der Waals surface area contributed by atoms with Gasteiger partial charge in [0.25, 0.3) is 20.0 Å². The molecule has 0 aliphatic rings. The van der Waals surface area contributed by atoms with Crippen molar-refractivity contribution in [2.75, 3.05) is 14.2 Å². The van der Waals surface area contributed by atoms with Gasteiger partial charge in [-0.1, -0.05) is 47.5 Å². The number of para-hydroxylation sites is 1. The molecule has 346 valence electrons. The molecule has 0 N–H and O–H groups in total. The summed E-state index contributed by atoms with van der Waals surface area (Å²) in [5.74, 6) is 0.450. The first kappa shape index (κ1) is 72.8. The van der Waals surface area contributed by atoms with Crippen LogP contribution in [0.15, 0.2) is 113 Å². The van der Waals surface area contributed by atoms with Crippen molar-refractivity contribution in [3.8, 4) is 11.5 Å². The van der Waals surface area contributed by atoms with E-state index in [1.807, 2.05) is 26.0 Å². The molecular formula is C32H29B38N3O8S2. The standard InChI is InChI=1S/C16H14N2O5S.C16H15NO3S.B38/c1-11-3-6-13(7-4-11)24(21,22)17-10-9-12-5-8-14(18(19)20)16(23-2)15(12)17;1-12-6-8-14(9-7-12)21(18,19)17-11-10-13-4-3-5-15(20-2)16(13)17;1-21(2)31(22(3)4)36(32(23(5)6)24(7)8)38(35(29(17)18)30(19)20)37(33(25(9)10)26(11)12)34(27(13)14)28(15)16/h3-10H,1-2H3;3-11H,1-2H3;. The molecular weight excluding hydrogens is 1030 g/mol. The predicted octanol–water partition coefficient (Wildman–Crippen LogP) is -8.17. The third kappa shape index (κ3) is 17.1. The molecule has 0 aliphatic carbocycles. The fraction of sp³-hybridized carbons (Fsp3) is 0.125. The molecule has 11 nitrogen and oxygen atoms in total. The van der Waals surface area contributed by atoms with Crippen molar-refractivity contribution < 1.29 is 31.2 Å². The summed E-state index contributed by atoms with van der Waals surface area (Å²) in [5, 5.41) is 12.5. The van der Waals surface area contributed by atoms with Crippen LogP contribution in [0.1, 0.15) is 11.1 Å². The first-order valence-corrected chi connectivity index (χ1v) is 28.7. The number of rotatable bonds is 24. The zero-order chi connectivity index (χ0) is 62.9. The van der Waals surface area contributed by atoms with Gasteiger partial charge in [0, 0.05) is 299 Å². The molecule has 0 spiro atoms. The molecule has 4 aromatic carbocycles. The number of benzene rings is 4. The van der Waals surface area contributed by atoms with Gasteiger partial charge in [0.2, 0.25) is 5.75 Å². The van der Waals surface area contributed by atoms with Crippen LogP contribution in [0.3, 0.4) is 0 Å². The first-order chi connectivity index (χ1) is 38.6. The molecule has 6 aromatic rings. The highest BCUT2D eigenvalue weighted by molar-refractivity contribution is 8.31. The van der Waals surface area contributed by atoms with Crippen molar-refractivity contribution in [1.82, 2.24) is 7.94 Å². The molecule has 2 aromatic heterocycles. The molecule has 0 atom stereocenters. The smallest absolute Gasteiger partial charge is 0.313 e. The number of aryl methyl sites for hydroxylation is 2. The lowest BCUT2D eigenvalue weighted by atomic mass is 8.28. The zero-order valence-electron chi connectivity index (χ0n) is 46.7. The Bertz CT molecular complexity index is 3160. The Hall–Kier alpha value is -2.67. The maximum atomic E-state index is 12.9. The summed E-state index contributed by atoms with van der Waals surface area (Å²) in [6, 6.07) is 24.8. The molecule has 2 heterocycles. The van der Waals surface area contributed by atoms with E-state index in [-0.39, 0.29) is 26.7 Å². The van der Waals surface area contributed by atoms with Crippen LogP contribution >= 0.6 is 0 Å². The van der Waals surface area contributed by atoms with Crippen molar-refractivity contribution in [3.05, 3.63) is 125 Å². The fourth-order valence-corrected chi connectivity index (χ4v) is 13.7. The molecule has 0 saturated carbocycles. The third-order valence-corrected chi connectivity index (χ3v) is 18.1. The monoisotopic (exact) mass is 1070 g/mol. The van der Waals surface area contributed by atoms with Crippen LogP contribution < -0.4 is 9.47 Å². The van der Waals surface area contributed by atoms with Gasteiger partial charge < -0.3 is 9.47 Å². The average Bonchev–Trinajstić information content (AvgIpc) is 3.67. The van der Waals surface area contributed by atoms with E-state index in [1.54, 1.807) is 60.8 Å². The molecule has 0 saturated heterocycles. The van der Waals surface area contributed by atoms with Gasteiger partial charge in [0.1, 0.15) is 16.8 Å². The summed E-state index contributed by atoms with van der Waals surface area (Å²) < 4.78 is 64.1. The highest BCUT2D eigenvalue weighted by Gasteiger charge is 2.56. The second kappa shape index (κ2) is 31.5. The average molecular weight is 1060 g/mol. The number of nitrogens with zero attached hydrogens (tertiary/aromatic N) is 3. The Balaban J connectivity index is 0.000000281. The van der Waals surface area contributed by atoms with Crippen LogP contribution in [0.4, 0.5) is 5.69 Å². The second-order valence-corrected chi connectivity index (χ2v) is 24.1. The van der Waals surface area contributed by atoms with Crippen molar-refractivity contribution >= 4 is 317 Å². The number of ether oxygens (including phenoxy) is 2. The number of nitro benzene ring substituents is 1. The number of aromatic nitrogens is 2. The summed E-state index contributed by atoms with van der Waals surface area (Å²) in [4.78, 5) is 10.9. The SMILES string of the molecule is COc1c([N+](=O)[O-])ccc2ccn(S(=O)(=O)c3ccc(C)cc3)c12.COc1cccc2ccn(S(=O)(=O)c3ccc(C)cc3)c12.[B]B([B])B(B([B])[B])B(B(B([B])[B])B([B])[B])B(B(B([B])[B])B([B])[B])B(B(B([B])[B])B([B])[B])B(B([B])[B])B([B])[B]. The molecule has 40 radical (unpaired) electrons. The van der Waals surface area contributed by atoms with Gasteiger partial charge in [-0.3, -0.25) is 10.1 Å². The van der Waals surface area contributed by atoms with Gasteiger partial charge in [-0.25, -0.2) is 24.8 Å². The van der Waals surface area contributed by atoms with Gasteiger partial charge in [-0.15, -0.1) is 0 Å². The van der Waals surface area contributed by atoms with Crippen LogP contribution in [0.2, 0.25) is 0 Å². The summed E-state index contributed by atoms with van der Waals surface area (Å²) in [6.07, 6.45) is -17.1. The molecule has 6 rings (SSSR count). The Morgan fingerprint density at radius 1 is 0.398 bits per heavy atom. The van der Waals surface area contributed by atoms with Crippen LogP contribution in [-0.2, 0) is 20.0 Å². The number of nitro groups is 1. The van der Waals surface area contributed by atoms with E-state index in [9.17, 15) is 26.9 Å². The Morgan fingerprint density at radius 3 is 0.988 bits per heavy atom. The number of methoxy groups -OCH3 is 2. The van der Waals surface area contributed by atoms with Gasteiger partial charge in [0.05, 0.1) is 28.9 Å². The van der Waals surface area contributed by atoms with E-state index in [4.69, 9.17) is 164 Å². The Labute approximate surface area is 526 Å². The van der Waals surface area contributed by atoms with Crippen molar-refractivity contribution in [2.45, 2.75) is 23.6 Å². The Morgan fingerprint density at radius 2 is 0.699 bits per heavy atom. The van der Waals surface area contributed by atoms with E-state index < -0.39 is 140 Å². The van der Waals surface area contributed by atoms with Crippen LogP contribution in [0, 0.1) is 24.0 Å². The minimum absolute atomic E-state index is 0.0850. The fourth-order valence-electron chi connectivity index (χ4n) is 11.0. The normalized spacial score (nSPS) is 10.7. The maximum absolute atomic E-state index is 12.9. The minimum atomic E-state index is -3.90. The van der Waals surface area contributed by atoms with Crippen molar-refractivity contribution in [3.63, 3.8) is 0 Å². The van der Waals surface area contributed by atoms with Gasteiger partial charge in [-0.05, 0) is 62.4 Å². The Kier molecular flexibility index (Phi) is 27.6. The van der Waals surface area contributed by atoms with Gasteiger partial charge in [0.15, 0.2) is 0 Å². The quantitative estimate of drug-likeness (QED) is 0.0332. The third-order valence-electron chi connectivity index (χ3n) is 14.7. The maximum Gasteiger partial charge on any atom is 0.313 e. The van der Waals surface area contributed by atoms with E-state index in [1.165, 1.54) is 48.7 Å². The largest absolute Gasteiger partial charge is 0.495 e. The lowest BCUT2D eigenvalue weighted by Crippen LogP contribution is -2.92. The minimum Gasteiger partial charge on any atom is -0.495 e.